The van der Waals surface area contributed by atoms with Gasteiger partial charge in [0.1, 0.15) is 5.76 Å². The van der Waals surface area contributed by atoms with Crippen molar-refractivity contribution < 1.29 is 9.15 Å². The first kappa shape index (κ1) is 8.84. The maximum atomic E-state index is 7.40. The number of ether oxygens (including phenoxy) is 1. The molecule has 0 bridgehead atoms. The molecule has 1 heterocycles. The topological polar surface area (TPSA) is 46.2 Å². The average Bonchev–Trinajstić information content (AvgIpc) is 2.52. The Labute approximate surface area is 71.8 Å². The quantitative estimate of drug-likeness (QED) is 0.554. The number of nitrogens with one attached hydrogen (secondary N) is 1. The van der Waals surface area contributed by atoms with Gasteiger partial charge < -0.3 is 9.15 Å². The van der Waals surface area contributed by atoms with E-state index in [0.717, 1.165) is 12.2 Å². The maximum Gasteiger partial charge on any atom is 0.250 e. The summed E-state index contributed by atoms with van der Waals surface area (Å²) in [5.74, 6) is 1.50. The average molecular weight is 167 g/mol. The van der Waals surface area contributed by atoms with Gasteiger partial charge in [-0.2, -0.15) is 0 Å². The molecular formula is C9H13NO2. The summed E-state index contributed by atoms with van der Waals surface area (Å²) in [6, 6.07) is 3.62. The van der Waals surface area contributed by atoms with Crippen molar-refractivity contribution in [2.45, 2.75) is 20.3 Å². The lowest BCUT2D eigenvalue weighted by Crippen LogP contribution is -2.02. The SMILES string of the molecule is CCOC(=N)c1ccc(CC)o1. The molecule has 0 radical (unpaired) electrons. The molecule has 0 aromatic carbocycles. The van der Waals surface area contributed by atoms with Gasteiger partial charge in [0.05, 0.1) is 6.61 Å². The van der Waals surface area contributed by atoms with Crippen molar-refractivity contribution in [2.24, 2.45) is 0 Å². The Balaban J connectivity index is 2.68. The fourth-order valence-corrected chi connectivity index (χ4v) is 0.905. The van der Waals surface area contributed by atoms with Crippen molar-refractivity contribution in [1.29, 1.82) is 5.41 Å². The van der Waals surface area contributed by atoms with Gasteiger partial charge in [0, 0.05) is 6.42 Å². The monoisotopic (exact) mass is 167 g/mol. The van der Waals surface area contributed by atoms with E-state index in [1.54, 1.807) is 6.07 Å². The van der Waals surface area contributed by atoms with Crippen LogP contribution in [-0.4, -0.2) is 12.5 Å². The van der Waals surface area contributed by atoms with E-state index in [4.69, 9.17) is 14.6 Å². The van der Waals surface area contributed by atoms with E-state index < -0.39 is 0 Å². The molecule has 0 aliphatic carbocycles. The minimum Gasteiger partial charge on any atom is -0.476 e. The smallest absolute Gasteiger partial charge is 0.250 e. The molecule has 12 heavy (non-hydrogen) atoms. The lowest BCUT2D eigenvalue weighted by Gasteiger charge is -1.99. The molecule has 1 aromatic rings. The number of aryl methyl sites for hydroxylation is 1. The van der Waals surface area contributed by atoms with Crippen LogP contribution in [0.5, 0.6) is 0 Å². The molecule has 66 valence electrons. The fourth-order valence-electron chi connectivity index (χ4n) is 0.905. The highest BCUT2D eigenvalue weighted by atomic mass is 16.5. The maximum absolute atomic E-state index is 7.40. The van der Waals surface area contributed by atoms with Crippen LogP contribution < -0.4 is 0 Å². The lowest BCUT2D eigenvalue weighted by atomic mass is 10.3. The minimum atomic E-state index is 0.109. The summed E-state index contributed by atoms with van der Waals surface area (Å²) in [6.45, 7) is 4.35. The van der Waals surface area contributed by atoms with Crippen molar-refractivity contribution >= 4 is 5.90 Å². The summed E-state index contributed by atoms with van der Waals surface area (Å²) in [4.78, 5) is 0. The van der Waals surface area contributed by atoms with Gasteiger partial charge in [-0.05, 0) is 19.1 Å². The third kappa shape index (κ3) is 1.87. The van der Waals surface area contributed by atoms with Gasteiger partial charge in [-0.1, -0.05) is 6.92 Å². The van der Waals surface area contributed by atoms with Crippen molar-refractivity contribution in [2.75, 3.05) is 6.61 Å². The Morgan fingerprint density at radius 1 is 1.50 bits per heavy atom. The molecule has 0 spiro atoms. The number of hydrogen-bond acceptors (Lipinski definition) is 3. The summed E-state index contributed by atoms with van der Waals surface area (Å²) in [7, 11) is 0. The van der Waals surface area contributed by atoms with Crippen LogP contribution in [0.15, 0.2) is 16.5 Å². The second-order valence-electron chi connectivity index (χ2n) is 2.38. The zero-order valence-corrected chi connectivity index (χ0v) is 7.39. The Bertz CT molecular complexity index is 265. The van der Waals surface area contributed by atoms with Crippen LogP contribution in [0.4, 0.5) is 0 Å². The largest absolute Gasteiger partial charge is 0.476 e. The summed E-state index contributed by atoms with van der Waals surface area (Å²) in [6.07, 6.45) is 0.847. The minimum absolute atomic E-state index is 0.109. The standard InChI is InChI=1S/C9H13NO2/c1-3-7-5-6-8(12-7)9(10)11-4-2/h5-6,10H,3-4H2,1-2H3. The number of furan rings is 1. The van der Waals surface area contributed by atoms with E-state index >= 15 is 0 Å². The molecule has 3 nitrogen and oxygen atoms in total. The molecule has 0 fully saturated rings. The molecule has 0 saturated carbocycles. The number of rotatable bonds is 3. The zero-order valence-electron chi connectivity index (χ0n) is 7.39. The first-order chi connectivity index (χ1) is 5.77. The van der Waals surface area contributed by atoms with Crippen LogP contribution in [-0.2, 0) is 11.2 Å². The molecule has 3 heteroatoms. The second kappa shape index (κ2) is 3.95. The fraction of sp³-hybridized carbons (Fsp3) is 0.444. The van der Waals surface area contributed by atoms with E-state index in [-0.39, 0.29) is 5.90 Å². The molecule has 0 amide bonds. The molecule has 1 rings (SSSR count). The van der Waals surface area contributed by atoms with E-state index in [2.05, 4.69) is 0 Å². The van der Waals surface area contributed by atoms with Gasteiger partial charge in [0.2, 0.25) is 5.90 Å². The molecule has 0 atom stereocenters. The van der Waals surface area contributed by atoms with Crippen LogP contribution in [0.2, 0.25) is 0 Å². The molecule has 0 saturated heterocycles. The van der Waals surface area contributed by atoms with E-state index in [1.165, 1.54) is 0 Å². The highest BCUT2D eigenvalue weighted by Crippen LogP contribution is 2.09. The lowest BCUT2D eigenvalue weighted by molar-refractivity contribution is 0.314. The highest BCUT2D eigenvalue weighted by Gasteiger charge is 2.06. The van der Waals surface area contributed by atoms with E-state index in [9.17, 15) is 0 Å². The van der Waals surface area contributed by atoms with Crippen molar-refractivity contribution in [3.63, 3.8) is 0 Å². The van der Waals surface area contributed by atoms with Gasteiger partial charge in [0.15, 0.2) is 5.76 Å². The third-order valence-electron chi connectivity index (χ3n) is 1.52. The van der Waals surface area contributed by atoms with Gasteiger partial charge in [-0.3, -0.25) is 5.41 Å². The van der Waals surface area contributed by atoms with Crippen molar-refractivity contribution in [3.8, 4) is 0 Å². The van der Waals surface area contributed by atoms with Crippen LogP contribution >= 0.6 is 0 Å². The summed E-state index contributed by atoms with van der Waals surface area (Å²) in [5, 5.41) is 7.40. The summed E-state index contributed by atoms with van der Waals surface area (Å²) >= 11 is 0. The summed E-state index contributed by atoms with van der Waals surface area (Å²) < 4.78 is 10.3. The summed E-state index contributed by atoms with van der Waals surface area (Å²) in [5.41, 5.74) is 0. The second-order valence-corrected chi connectivity index (χ2v) is 2.38. The zero-order chi connectivity index (χ0) is 8.97. The Hall–Kier alpha value is -1.25. The molecular weight excluding hydrogens is 154 g/mol. The van der Waals surface area contributed by atoms with E-state index in [0.29, 0.717) is 12.4 Å². The number of hydrogen-bond donors (Lipinski definition) is 1. The van der Waals surface area contributed by atoms with Gasteiger partial charge in [-0.25, -0.2) is 0 Å². The van der Waals surface area contributed by atoms with Gasteiger partial charge in [-0.15, -0.1) is 0 Å². The van der Waals surface area contributed by atoms with Crippen LogP contribution in [0.25, 0.3) is 0 Å². The molecule has 1 N–H and O–H groups in total. The Morgan fingerprint density at radius 2 is 2.25 bits per heavy atom. The van der Waals surface area contributed by atoms with Gasteiger partial charge >= 0.3 is 0 Å². The van der Waals surface area contributed by atoms with Crippen LogP contribution in [0, 0.1) is 5.41 Å². The van der Waals surface area contributed by atoms with Crippen LogP contribution in [0.3, 0.4) is 0 Å². The predicted molar refractivity (Wildman–Crippen MR) is 46.5 cm³/mol. The Kier molecular flexibility index (Phi) is 2.91. The highest BCUT2D eigenvalue weighted by molar-refractivity contribution is 5.88. The van der Waals surface area contributed by atoms with E-state index in [1.807, 2.05) is 19.9 Å². The first-order valence-corrected chi connectivity index (χ1v) is 4.08. The predicted octanol–water partition coefficient (Wildman–Crippen LogP) is 2.20. The molecule has 0 aliphatic heterocycles. The molecule has 0 unspecified atom stereocenters. The van der Waals surface area contributed by atoms with Gasteiger partial charge in [0.25, 0.3) is 0 Å². The van der Waals surface area contributed by atoms with Crippen molar-refractivity contribution in [3.05, 3.63) is 23.7 Å². The first-order valence-electron chi connectivity index (χ1n) is 4.08. The van der Waals surface area contributed by atoms with Crippen LogP contribution in [0.1, 0.15) is 25.4 Å². The third-order valence-corrected chi connectivity index (χ3v) is 1.52. The normalized spacial score (nSPS) is 9.83. The molecule has 1 aromatic heterocycles. The Morgan fingerprint density at radius 3 is 2.75 bits per heavy atom. The molecule has 0 aliphatic rings. The van der Waals surface area contributed by atoms with Crippen molar-refractivity contribution in [1.82, 2.24) is 0 Å².